The molecule has 29 heavy (non-hydrogen) atoms. The SMILES string of the molecule is Cc1ccc(NC(=O)NC(=O)C[NH+](C)CC(=O)Nc2cccc(C)c2C)c(C)c1. The predicted molar refractivity (Wildman–Crippen MR) is 114 cm³/mol. The van der Waals surface area contributed by atoms with E-state index in [4.69, 9.17) is 0 Å². The summed E-state index contributed by atoms with van der Waals surface area (Å²) in [5.41, 5.74) is 5.53. The van der Waals surface area contributed by atoms with Gasteiger partial charge in [-0.15, -0.1) is 0 Å². The van der Waals surface area contributed by atoms with Crippen LogP contribution in [-0.2, 0) is 9.59 Å². The van der Waals surface area contributed by atoms with Crippen molar-refractivity contribution in [3.05, 3.63) is 58.7 Å². The second-order valence-corrected chi connectivity index (χ2v) is 7.43. The molecule has 154 valence electrons. The van der Waals surface area contributed by atoms with Crippen LogP contribution in [-0.4, -0.2) is 38.0 Å². The Bertz CT molecular complexity index is 924. The summed E-state index contributed by atoms with van der Waals surface area (Å²) in [6.07, 6.45) is 0. The van der Waals surface area contributed by atoms with Crippen LogP contribution < -0.4 is 20.9 Å². The number of carbonyl (C=O) groups excluding carboxylic acids is 3. The minimum Gasteiger partial charge on any atom is -0.322 e. The van der Waals surface area contributed by atoms with Gasteiger partial charge in [-0.1, -0.05) is 29.8 Å². The van der Waals surface area contributed by atoms with Crippen LogP contribution in [0.1, 0.15) is 22.3 Å². The normalized spacial score (nSPS) is 11.5. The Labute approximate surface area is 171 Å². The number of imide groups is 1. The van der Waals surface area contributed by atoms with Gasteiger partial charge in [-0.05, 0) is 56.5 Å². The molecule has 0 aromatic heterocycles. The average Bonchev–Trinajstić information content (AvgIpc) is 2.61. The van der Waals surface area contributed by atoms with Crippen molar-refractivity contribution in [2.75, 3.05) is 30.8 Å². The zero-order chi connectivity index (χ0) is 21.6. The summed E-state index contributed by atoms with van der Waals surface area (Å²) in [6.45, 7) is 7.89. The van der Waals surface area contributed by atoms with Gasteiger partial charge in [-0.3, -0.25) is 14.9 Å². The summed E-state index contributed by atoms with van der Waals surface area (Å²) in [5, 5.41) is 7.83. The topological polar surface area (TPSA) is 91.7 Å². The van der Waals surface area contributed by atoms with E-state index in [2.05, 4.69) is 16.0 Å². The molecule has 0 spiro atoms. The molecule has 7 nitrogen and oxygen atoms in total. The molecular formula is C22H29N4O3+. The maximum absolute atomic E-state index is 12.3. The monoisotopic (exact) mass is 397 g/mol. The highest BCUT2D eigenvalue weighted by molar-refractivity contribution is 6.01. The van der Waals surface area contributed by atoms with E-state index in [1.165, 1.54) is 0 Å². The van der Waals surface area contributed by atoms with E-state index >= 15 is 0 Å². The zero-order valence-electron chi connectivity index (χ0n) is 17.6. The third-order valence-electron chi connectivity index (χ3n) is 4.69. The number of hydrogen-bond acceptors (Lipinski definition) is 3. The summed E-state index contributed by atoms with van der Waals surface area (Å²) in [6, 6.07) is 10.8. The average molecular weight is 397 g/mol. The van der Waals surface area contributed by atoms with Gasteiger partial charge in [0.05, 0.1) is 7.05 Å². The van der Waals surface area contributed by atoms with Crippen molar-refractivity contribution in [3.8, 4) is 0 Å². The molecule has 0 saturated carbocycles. The van der Waals surface area contributed by atoms with Crippen LogP contribution in [0.5, 0.6) is 0 Å². The molecule has 2 aromatic carbocycles. The van der Waals surface area contributed by atoms with E-state index in [1.807, 2.05) is 58.0 Å². The van der Waals surface area contributed by atoms with Crippen LogP contribution in [0.15, 0.2) is 36.4 Å². The smallest absolute Gasteiger partial charge is 0.322 e. The first-order chi connectivity index (χ1) is 13.7. The number of hydrogen-bond donors (Lipinski definition) is 4. The van der Waals surface area contributed by atoms with Crippen LogP contribution in [0.4, 0.5) is 16.2 Å². The molecule has 0 aliphatic carbocycles. The van der Waals surface area contributed by atoms with Crippen LogP contribution in [0, 0.1) is 27.7 Å². The Morgan fingerprint density at radius 1 is 0.828 bits per heavy atom. The van der Waals surface area contributed by atoms with Gasteiger partial charge in [0, 0.05) is 11.4 Å². The largest absolute Gasteiger partial charge is 0.326 e. The second kappa shape index (κ2) is 9.84. The van der Waals surface area contributed by atoms with Crippen molar-refractivity contribution in [1.29, 1.82) is 0 Å². The molecule has 1 atom stereocenters. The Morgan fingerprint density at radius 3 is 2.21 bits per heavy atom. The Morgan fingerprint density at radius 2 is 1.52 bits per heavy atom. The lowest BCUT2D eigenvalue weighted by molar-refractivity contribution is -0.862. The van der Waals surface area contributed by atoms with Gasteiger partial charge in [0.15, 0.2) is 13.1 Å². The van der Waals surface area contributed by atoms with Gasteiger partial charge in [-0.2, -0.15) is 0 Å². The molecule has 0 heterocycles. The summed E-state index contributed by atoms with van der Waals surface area (Å²) >= 11 is 0. The van der Waals surface area contributed by atoms with Crippen molar-refractivity contribution in [2.24, 2.45) is 0 Å². The first-order valence-electron chi connectivity index (χ1n) is 9.51. The molecule has 4 N–H and O–H groups in total. The van der Waals surface area contributed by atoms with E-state index in [1.54, 1.807) is 13.1 Å². The van der Waals surface area contributed by atoms with Crippen LogP contribution in [0.2, 0.25) is 0 Å². The fourth-order valence-electron chi connectivity index (χ4n) is 2.97. The highest BCUT2D eigenvalue weighted by Gasteiger charge is 2.17. The Balaban J connectivity index is 1.81. The quantitative estimate of drug-likeness (QED) is 0.598. The molecule has 2 aromatic rings. The molecule has 1 unspecified atom stereocenters. The first-order valence-corrected chi connectivity index (χ1v) is 9.51. The summed E-state index contributed by atoms with van der Waals surface area (Å²) in [4.78, 5) is 37.1. The van der Waals surface area contributed by atoms with Crippen LogP contribution >= 0.6 is 0 Å². The summed E-state index contributed by atoms with van der Waals surface area (Å²) < 4.78 is 0. The lowest BCUT2D eigenvalue weighted by Gasteiger charge is -2.15. The number of amides is 4. The number of urea groups is 1. The number of benzene rings is 2. The standard InChI is InChI=1S/C22H28N4O3/c1-14-9-10-18(16(3)11-14)24-22(29)25-21(28)13-26(5)12-20(27)23-19-8-6-7-15(2)17(19)4/h6-11H,12-13H2,1-5H3,(H,23,27)(H2,24,25,28,29)/p+1. The third-order valence-corrected chi connectivity index (χ3v) is 4.69. The van der Waals surface area contributed by atoms with E-state index in [0.717, 1.165) is 27.9 Å². The van der Waals surface area contributed by atoms with Crippen molar-refractivity contribution < 1.29 is 19.3 Å². The lowest BCUT2D eigenvalue weighted by Crippen LogP contribution is -3.11. The molecule has 7 heteroatoms. The first kappa shape index (κ1) is 22.1. The van der Waals surface area contributed by atoms with Gasteiger partial charge in [0.2, 0.25) is 0 Å². The minimum absolute atomic E-state index is 0.000515. The summed E-state index contributed by atoms with van der Waals surface area (Å²) in [7, 11) is 1.73. The predicted octanol–water partition coefficient (Wildman–Crippen LogP) is 1.72. The molecule has 0 fully saturated rings. The van der Waals surface area contributed by atoms with Gasteiger partial charge >= 0.3 is 6.03 Å². The minimum atomic E-state index is -0.588. The lowest BCUT2D eigenvalue weighted by atomic mass is 10.1. The molecule has 4 amide bonds. The third kappa shape index (κ3) is 6.73. The van der Waals surface area contributed by atoms with Crippen molar-refractivity contribution in [1.82, 2.24) is 5.32 Å². The maximum atomic E-state index is 12.3. The number of anilines is 2. The number of carbonyl (C=O) groups is 3. The number of rotatable bonds is 6. The molecule has 0 aliphatic rings. The number of likely N-dealkylation sites (N-methyl/N-ethyl adjacent to an activating group) is 1. The fraction of sp³-hybridized carbons (Fsp3) is 0.318. The number of quaternary nitrogens is 1. The number of nitrogens with one attached hydrogen (secondary N) is 4. The van der Waals surface area contributed by atoms with Crippen molar-refractivity contribution in [2.45, 2.75) is 27.7 Å². The van der Waals surface area contributed by atoms with Crippen LogP contribution in [0.25, 0.3) is 0 Å². The van der Waals surface area contributed by atoms with Gasteiger partial charge < -0.3 is 15.5 Å². The molecule has 0 radical (unpaired) electrons. The van der Waals surface area contributed by atoms with E-state index in [0.29, 0.717) is 10.6 Å². The van der Waals surface area contributed by atoms with Gasteiger partial charge in [0.25, 0.3) is 11.8 Å². The Hall–Kier alpha value is -3.19. The van der Waals surface area contributed by atoms with E-state index < -0.39 is 11.9 Å². The zero-order valence-corrected chi connectivity index (χ0v) is 17.6. The van der Waals surface area contributed by atoms with Crippen LogP contribution in [0.3, 0.4) is 0 Å². The second-order valence-electron chi connectivity index (χ2n) is 7.43. The highest BCUT2D eigenvalue weighted by Crippen LogP contribution is 2.17. The molecule has 0 bridgehead atoms. The molecular weight excluding hydrogens is 368 g/mol. The van der Waals surface area contributed by atoms with E-state index in [-0.39, 0.29) is 19.0 Å². The van der Waals surface area contributed by atoms with Crippen molar-refractivity contribution in [3.63, 3.8) is 0 Å². The van der Waals surface area contributed by atoms with Crippen molar-refractivity contribution >= 4 is 29.2 Å². The Kier molecular flexibility index (Phi) is 7.50. The molecule has 0 aliphatic heterocycles. The molecule has 2 rings (SSSR count). The maximum Gasteiger partial charge on any atom is 0.326 e. The highest BCUT2D eigenvalue weighted by atomic mass is 16.2. The van der Waals surface area contributed by atoms with Gasteiger partial charge in [0.1, 0.15) is 0 Å². The summed E-state index contributed by atoms with van der Waals surface area (Å²) in [5.74, 6) is -0.645. The van der Waals surface area contributed by atoms with E-state index in [9.17, 15) is 14.4 Å². The molecule has 0 saturated heterocycles. The van der Waals surface area contributed by atoms with Gasteiger partial charge in [-0.25, -0.2) is 4.79 Å². The number of aryl methyl sites for hydroxylation is 3. The fourth-order valence-corrected chi connectivity index (χ4v) is 2.97.